The number of benzene rings is 2. The molecule has 0 amide bonds. The fourth-order valence-corrected chi connectivity index (χ4v) is 3.53. The SMILES string of the molecule is [C-]#[N+]c1ccc(Cn2c(N3CC[C@@H](CN)C3)nc3ccccc32)cc1. The van der Waals surface area contributed by atoms with Gasteiger partial charge in [-0.3, -0.25) is 0 Å². The van der Waals surface area contributed by atoms with Gasteiger partial charge in [0.25, 0.3) is 0 Å². The number of imidazole rings is 1. The van der Waals surface area contributed by atoms with Crippen LogP contribution < -0.4 is 10.6 Å². The van der Waals surface area contributed by atoms with Crippen molar-refractivity contribution in [1.82, 2.24) is 9.55 Å². The average Bonchev–Trinajstić information content (AvgIpc) is 3.27. The van der Waals surface area contributed by atoms with Crippen molar-refractivity contribution in [1.29, 1.82) is 0 Å². The molecule has 0 spiro atoms. The summed E-state index contributed by atoms with van der Waals surface area (Å²) in [5, 5.41) is 0. The molecule has 4 rings (SSSR count). The molecule has 5 nitrogen and oxygen atoms in total. The van der Waals surface area contributed by atoms with Gasteiger partial charge < -0.3 is 15.2 Å². The lowest BCUT2D eigenvalue weighted by molar-refractivity contribution is 0.600. The average molecular weight is 331 g/mol. The van der Waals surface area contributed by atoms with E-state index in [1.54, 1.807) is 0 Å². The fraction of sp³-hybridized carbons (Fsp3) is 0.300. The molecular formula is C20H21N5. The van der Waals surface area contributed by atoms with Crippen LogP contribution in [0.5, 0.6) is 0 Å². The van der Waals surface area contributed by atoms with Gasteiger partial charge in [-0.1, -0.05) is 36.4 Å². The summed E-state index contributed by atoms with van der Waals surface area (Å²) in [4.78, 5) is 10.7. The fourth-order valence-electron chi connectivity index (χ4n) is 3.53. The van der Waals surface area contributed by atoms with Gasteiger partial charge in [-0.15, -0.1) is 0 Å². The molecule has 0 bridgehead atoms. The van der Waals surface area contributed by atoms with E-state index in [-0.39, 0.29) is 0 Å². The normalized spacial score (nSPS) is 17.1. The highest BCUT2D eigenvalue weighted by molar-refractivity contribution is 5.79. The van der Waals surface area contributed by atoms with Gasteiger partial charge >= 0.3 is 0 Å². The van der Waals surface area contributed by atoms with Gasteiger partial charge in [-0.2, -0.15) is 0 Å². The Morgan fingerprint density at radius 2 is 1.96 bits per heavy atom. The lowest BCUT2D eigenvalue weighted by Gasteiger charge is -2.19. The maximum absolute atomic E-state index is 7.10. The zero-order valence-corrected chi connectivity index (χ0v) is 14.1. The third-order valence-corrected chi connectivity index (χ3v) is 4.94. The minimum absolute atomic E-state index is 0.547. The van der Waals surface area contributed by atoms with E-state index in [1.165, 1.54) is 5.56 Å². The Morgan fingerprint density at radius 3 is 2.68 bits per heavy atom. The molecule has 1 atom stereocenters. The Morgan fingerprint density at radius 1 is 1.16 bits per heavy atom. The molecule has 2 aromatic carbocycles. The Bertz CT molecular complexity index is 919. The second kappa shape index (κ2) is 6.58. The topological polar surface area (TPSA) is 51.4 Å². The summed E-state index contributed by atoms with van der Waals surface area (Å²) in [5.74, 6) is 1.57. The zero-order chi connectivity index (χ0) is 17.2. The summed E-state index contributed by atoms with van der Waals surface area (Å²) in [6.07, 6.45) is 1.12. The van der Waals surface area contributed by atoms with Gasteiger partial charge in [0.2, 0.25) is 5.95 Å². The first kappa shape index (κ1) is 15.7. The minimum atomic E-state index is 0.547. The van der Waals surface area contributed by atoms with E-state index >= 15 is 0 Å². The number of anilines is 1. The number of fused-ring (bicyclic) bond motifs is 1. The summed E-state index contributed by atoms with van der Waals surface area (Å²) < 4.78 is 2.28. The first-order chi connectivity index (χ1) is 12.3. The van der Waals surface area contributed by atoms with Gasteiger partial charge in [0.1, 0.15) is 0 Å². The van der Waals surface area contributed by atoms with Crippen molar-refractivity contribution in [2.45, 2.75) is 13.0 Å². The number of nitrogens with two attached hydrogens (primary N) is 1. The van der Waals surface area contributed by atoms with Crippen LogP contribution in [0.3, 0.4) is 0 Å². The molecule has 1 aliphatic rings. The Balaban J connectivity index is 1.72. The van der Waals surface area contributed by atoms with E-state index in [0.29, 0.717) is 11.6 Å². The number of hydrogen-bond acceptors (Lipinski definition) is 3. The van der Waals surface area contributed by atoms with Crippen LogP contribution in [0, 0.1) is 12.5 Å². The molecule has 2 N–H and O–H groups in total. The van der Waals surface area contributed by atoms with Crippen LogP contribution in [0.4, 0.5) is 11.6 Å². The zero-order valence-electron chi connectivity index (χ0n) is 14.1. The maximum atomic E-state index is 7.10. The lowest BCUT2D eigenvalue weighted by Crippen LogP contribution is -2.25. The molecule has 1 fully saturated rings. The Kier molecular flexibility index (Phi) is 4.12. The molecule has 1 aliphatic heterocycles. The van der Waals surface area contributed by atoms with Crippen LogP contribution in [0.2, 0.25) is 0 Å². The van der Waals surface area contributed by atoms with E-state index in [4.69, 9.17) is 17.3 Å². The van der Waals surface area contributed by atoms with Crippen molar-refractivity contribution in [3.63, 3.8) is 0 Å². The summed E-state index contributed by atoms with van der Waals surface area (Å²) in [6, 6.07) is 16.1. The van der Waals surface area contributed by atoms with Gasteiger partial charge in [0.05, 0.1) is 24.2 Å². The quantitative estimate of drug-likeness (QED) is 0.745. The van der Waals surface area contributed by atoms with Crippen LogP contribution >= 0.6 is 0 Å². The van der Waals surface area contributed by atoms with Crippen molar-refractivity contribution >= 4 is 22.7 Å². The largest absolute Gasteiger partial charge is 0.342 e. The highest BCUT2D eigenvalue weighted by atomic mass is 15.3. The monoisotopic (exact) mass is 331 g/mol. The van der Waals surface area contributed by atoms with E-state index in [2.05, 4.69) is 32.5 Å². The molecule has 0 radical (unpaired) electrons. The first-order valence-corrected chi connectivity index (χ1v) is 8.65. The molecule has 126 valence electrons. The molecule has 3 aromatic rings. The van der Waals surface area contributed by atoms with Crippen molar-refractivity contribution in [3.05, 3.63) is 65.5 Å². The van der Waals surface area contributed by atoms with E-state index in [9.17, 15) is 0 Å². The molecule has 0 unspecified atom stereocenters. The number of rotatable bonds is 4. The Hall–Kier alpha value is -2.84. The number of nitrogens with zero attached hydrogens (tertiary/aromatic N) is 4. The molecule has 1 aromatic heterocycles. The van der Waals surface area contributed by atoms with Gasteiger partial charge in [-0.25, -0.2) is 9.83 Å². The minimum Gasteiger partial charge on any atom is -0.342 e. The summed E-state index contributed by atoms with van der Waals surface area (Å²) >= 11 is 0. The van der Waals surface area contributed by atoms with Crippen molar-refractivity contribution in [2.24, 2.45) is 11.7 Å². The van der Waals surface area contributed by atoms with E-state index in [0.717, 1.165) is 49.6 Å². The van der Waals surface area contributed by atoms with Gasteiger partial charge in [-0.05, 0) is 36.6 Å². The second-order valence-corrected chi connectivity index (χ2v) is 6.60. The van der Waals surface area contributed by atoms with Crippen molar-refractivity contribution < 1.29 is 0 Å². The highest BCUT2D eigenvalue weighted by Crippen LogP contribution is 2.28. The molecule has 5 heteroatoms. The predicted molar refractivity (Wildman–Crippen MR) is 101 cm³/mol. The Labute approximate surface area is 147 Å². The van der Waals surface area contributed by atoms with Crippen LogP contribution in [-0.2, 0) is 6.54 Å². The summed E-state index contributed by atoms with van der Waals surface area (Å²) in [6.45, 7) is 10.5. The summed E-state index contributed by atoms with van der Waals surface area (Å²) in [5.41, 5.74) is 9.87. The van der Waals surface area contributed by atoms with Crippen LogP contribution in [0.15, 0.2) is 48.5 Å². The van der Waals surface area contributed by atoms with Crippen LogP contribution in [0.1, 0.15) is 12.0 Å². The molecule has 1 saturated heterocycles. The van der Waals surface area contributed by atoms with Crippen LogP contribution in [0.25, 0.3) is 15.9 Å². The van der Waals surface area contributed by atoms with Gasteiger partial charge in [0.15, 0.2) is 5.69 Å². The second-order valence-electron chi connectivity index (χ2n) is 6.60. The number of aromatic nitrogens is 2. The molecular weight excluding hydrogens is 310 g/mol. The van der Waals surface area contributed by atoms with Crippen molar-refractivity contribution in [3.8, 4) is 0 Å². The van der Waals surface area contributed by atoms with Gasteiger partial charge in [0, 0.05) is 13.1 Å². The summed E-state index contributed by atoms with van der Waals surface area (Å²) in [7, 11) is 0. The third-order valence-electron chi connectivity index (χ3n) is 4.94. The van der Waals surface area contributed by atoms with E-state index in [1.807, 2.05) is 30.3 Å². The highest BCUT2D eigenvalue weighted by Gasteiger charge is 2.25. The molecule has 0 aliphatic carbocycles. The molecule has 0 saturated carbocycles. The lowest BCUT2D eigenvalue weighted by atomic mass is 10.1. The predicted octanol–water partition coefficient (Wildman–Crippen LogP) is 3.42. The van der Waals surface area contributed by atoms with E-state index < -0.39 is 0 Å². The van der Waals surface area contributed by atoms with Crippen LogP contribution in [-0.4, -0.2) is 29.2 Å². The smallest absolute Gasteiger partial charge is 0.206 e. The molecule has 25 heavy (non-hydrogen) atoms. The standard InChI is InChI=1S/C20H21N5/c1-22-17-8-6-15(7-9-17)14-25-19-5-3-2-4-18(19)23-20(25)24-11-10-16(12-21)13-24/h2-9,16H,10-14,21H2/t16-/m0/s1. The maximum Gasteiger partial charge on any atom is 0.206 e. The molecule has 2 heterocycles. The third kappa shape index (κ3) is 2.97. The first-order valence-electron chi connectivity index (χ1n) is 8.65. The van der Waals surface area contributed by atoms with Crippen molar-refractivity contribution in [2.75, 3.05) is 24.5 Å². The number of para-hydroxylation sites is 2. The number of hydrogen-bond donors (Lipinski definition) is 1.